The molecular weight excluding hydrogens is 286 g/mol. The zero-order chi connectivity index (χ0) is 17.1. The predicted molar refractivity (Wildman–Crippen MR) is 94.5 cm³/mol. The van der Waals surface area contributed by atoms with Gasteiger partial charge in [-0.15, -0.1) is 0 Å². The number of hydrogen-bond acceptors (Lipinski definition) is 2. The third kappa shape index (κ3) is 4.98. The lowest BCUT2D eigenvalue weighted by atomic mass is 9.71. The van der Waals surface area contributed by atoms with Crippen LogP contribution in [0.2, 0.25) is 0 Å². The molecule has 0 saturated heterocycles. The first-order chi connectivity index (χ1) is 10.7. The van der Waals surface area contributed by atoms with Crippen molar-refractivity contribution in [3.8, 4) is 5.75 Å². The van der Waals surface area contributed by atoms with Gasteiger partial charge in [0.25, 0.3) is 5.91 Å². The maximum absolute atomic E-state index is 12.6. The summed E-state index contributed by atoms with van der Waals surface area (Å²) < 4.78 is 5.87. The summed E-state index contributed by atoms with van der Waals surface area (Å²) in [7, 11) is 0. The molecule has 0 heterocycles. The largest absolute Gasteiger partial charge is 0.478 e. The quantitative estimate of drug-likeness (QED) is 0.883. The van der Waals surface area contributed by atoms with Gasteiger partial charge < -0.3 is 10.1 Å². The van der Waals surface area contributed by atoms with Crippen LogP contribution in [-0.2, 0) is 4.79 Å². The molecule has 1 aromatic carbocycles. The third-order valence-corrected chi connectivity index (χ3v) is 4.95. The van der Waals surface area contributed by atoms with Gasteiger partial charge in [0.2, 0.25) is 0 Å². The van der Waals surface area contributed by atoms with Crippen LogP contribution < -0.4 is 10.1 Å². The molecule has 1 amide bonds. The normalized spacial score (nSPS) is 22.5. The van der Waals surface area contributed by atoms with Crippen LogP contribution in [0.1, 0.15) is 60.3 Å². The van der Waals surface area contributed by atoms with Crippen LogP contribution in [0.3, 0.4) is 0 Å². The Morgan fingerprint density at radius 1 is 1.00 bits per heavy atom. The fraction of sp³-hybridized carbons (Fsp3) is 0.650. The van der Waals surface area contributed by atoms with Crippen LogP contribution in [0.25, 0.3) is 0 Å². The second-order valence-electron chi connectivity index (χ2n) is 8.31. The fourth-order valence-corrected chi connectivity index (χ4v) is 3.29. The van der Waals surface area contributed by atoms with E-state index in [4.69, 9.17) is 4.74 Å². The second kappa shape index (κ2) is 6.94. The van der Waals surface area contributed by atoms with E-state index in [2.05, 4.69) is 26.1 Å². The lowest BCUT2D eigenvalue weighted by molar-refractivity contribution is -0.135. The smallest absolute Gasteiger partial charge is 0.263 e. The van der Waals surface area contributed by atoms with Crippen LogP contribution in [0.15, 0.2) is 30.3 Å². The van der Waals surface area contributed by atoms with E-state index in [1.54, 1.807) is 0 Å². The zero-order valence-electron chi connectivity index (χ0n) is 15.2. The Bertz CT molecular complexity index is 508. The van der Waals surface area contributed by atoms with Gasteiger partial charge in [0.05, 0.1) is 0 Å². The van der Waals surface area contributed by atoms with E-state index in [1.165, 1.54) is 12.8 Å². The van der Waals surface area contributed by atoms with Gasteiger partial charge in [-0.1, -0.05) is 39.0 Å². The Morgan fingerprint density at radius 3 is 2.09 bits per heavy atom. The molecule has 0 unspecified atom stereocenters. The summed E-state index contributed by atoms with van der Waals surface area (Å²) in [4.78, 5) is 12.6. The Morgan fingerprint density at radius 2 is 1.57 bits per heavy atom. The minimum Gasteiger partial charge on any atom is -0.478 e. The van der Waals surface area contributed by atoms with Crippen molar-refractivity contribution in [2.24, 2.45) is 11.3 Å². The predicted octanol–water partition coefficient (Wildman–Crippen LogP) is 4.57. The first-order valence-corrected chi connectivity index (χ1v) is 8.73. The highest BCUT2D eigenvalue weighted by molar-refractivity contribution is 5.85. The monoisotopic (exact) mass is 317 g/mol. The molecule has 23 heavy (non-hydrogen) atoms. The number of hydrogen-bond donors (Lipinski definition) is 1. The standard InChI is InChI=1S/C20H31NO2/c1-19(2,3)15-11-13-16(14-12-15)21-18(22)20(4,5)23-17-9-7-6-8-10-17/h6-10,15-16H,11-14H2,1-5H3,(H,21,22). The van der Waals surface area contributed by atoms with Crippen molar-refractivity contribution in [1.29, 1.82) is 0 Å². The number of ether oxygens (including phenoxy) is 1. The summed E-state index contributed by atoms with van der Waals surface area (Å²) in [5, 5.41) is 3.19. The zero-order valence-corrected chi connectivity index (χ0v) is 15.2. The lowest BCUT2D eigenvalue weighted by Gasteiger charge is -2.38. The molecule has 1 aliphatic rings. The van der Waals surface area contributed by atoms with E-state index in [9.17, 15) is 4.79 Å². The van der Waals surface area contributed by atoms with E-state index >= 15 is 0 Å². The number of nitrogens with one attached hydrogen (secondary N) is 1. The highest BCUT2D eigenvalue weighted by Crippen LogP contribution is 2.37. The average molecular weight is 317 g/mol. The molecule has 3 heteroatoms. The van der Waals surface area contributed by atoms with E-state index in [0.29, 0.717) is 5.41 Å². The molecule has 0 spiro atoms. The maximum Gasteiger partial charge on any atom is 0.263 e. The molecule has 0 radical (unpaired) electrons. The fourth-order valence-electron chi connectivity index (χ4n) is 3.29. The Balaban J connectivity index is 1.87. The summed E-state index contributed by atoms with van der Waals surface area (Å²) >= 11 is 0. The topological polar surface area (TPSA) is 38.3 Å². The molecular formula is C20H31NO2. The summed E-state index contributed by atoms with van der Waals surface area (Å²) in [5.74, 6) is 1.45. The number of benzene rings is 1. The molecule has 0 bridgehead atoms. The van der Waals surface area contributed by atoms with Crippen molar-refractivity contribution < 1.29 is 9.53 Å². The van der Waals surface area contributed by atoms with Gasteiger partial charge >= 0.3 is 0 Å². The van der Waals surface area contributed by atoms with Gasteiger partial charge in [-0.05, 0) is 63.0 Å². The number of carbonyl (C=O) groups excluding carboxylic acids is 1. The van der Waals surface area contributed by atoms with Crippen molar-refractivity contribution in [3.63, 3.8) is 0 Å². The molecule has 0 atom stereocenters. The van der Waals surface area contributed by atoms with Gasteiger partial charge in [0.15, 0.2) is 5.60 Å². The van der Waals surface area contributed by atoms with Gasteiger partial charge in [-0.2, -0.15) is 0 Å². The van der Waals surface area contributed by atoms with Crippen molar-refractivity contribution >= 4 is 5.91 Å². The van der Waals surface area contributed by atoms with Crippen LogP contribution in [0.4, 0.5) is 0 Å². The second-order valence-corrected chi connectivity index (χ2v) is 8.31. The molecule has 2 rings (SSSR count). The van der Waals surface area contributed by atoms with Crippen LogP contribution in [-0.4, -0.2) is 17.6 Å². The molecule has 3 nitrogen and oxygen atoms in total. The number of amides is 1. The van der Waals surface area contributed by atoms with E-state index in [-0.39, 0.29) is 11.9 Å². The van der Waals surface area contributed by atoms with Crippen molar-refractivity contribution in [1.82, 2.24) is 5.32 Å². The van der Waals surface area contributed by atoms with Gasteiger partial charge in [0, 0.05) is 6.04 Å². The minimum atomic E-state index is -0.859. The molecule has 1 aliphatic carbocycles. The molecule has 0 aromatic heterocycles. The molecule has 1 N–H and O–H groups in total. The minimum absolute atomic E-state index is 0.0273. The SMILES string of the molecule is CC(C)(Oc1ccccc1)C(=O)NC1CCC(C(C)(C)C)CC1. The average Bonchev–Trinajstić information content (AvgIpc) is 2.47. The van der Waals surface area contributed by atoms with E-state index in [1.807, 2.05) is 44.2 Å². The number of para-hydroxylation sites is 1. The first-order valence-electron chi connectivity index (χ1n) is 8.73. The van der Waals surface area contributed by atoms with E-state index in [0.717, 1.165) is 24.5 Å². The highest BCUT2D eigenvalue weighted by Gasteiger charge is 2.34. The third-order valence-electron chi connectivity index (χ3n) is 4.95. The van der Waals surface area contributed by atoms with Gasteiger partial charge in [0.1, 0.15) is 5.75 Å². The number of carbonyl (C=O) groups is 1. The molecule has 1 aromatic rings. The Hall–Kier alpha value is -1.51. The van der Waals surface area contributed by atoms with Crippen molar-refractivity contribution in [3.05, 3.63) is 30.3 Å². The first kappa shape index (κ1) is 17.8. The Labute approximate surface area is 140 Å². The highest BCUT2D eigenvalue weighted by atomic mass is 16.5. The van der Waals surface area contributed by atoms with Gasteiger partial charge in [-0.25, -0.2) is 0 Å². The van der Waals surface area contributed by atoms with E-state index < -0.39 is 5.60 Å². The van der Waals surface area contributed by atoms with Crippen LogP contribution in [0, 0.1) is 11.3 Å². The summed E-state index contributed by atoms with van der Waals surface area (Å²) in [6.07, 6.45) is 4.51. The van der Waals surface area contributed by atoms with Crippen LogP contribution in [0.5, 0.6) is 5.75 Å². The molecule has 0 aliphatic heterocycles. The summed E-state index contributed by atoms with van der Waals surface area (Å²) in [5.41, 5.74) is -0.493. The van der Waals surface area contributed by atoms with Crippen molar-refractivity contribution in [2.45, 2.75) is 71.9 Å². The van der Waals surface area contributed by atoms with Crippen LogP contribution >= 0.6 is 0 Å². The number of rotatable bonds is 4. The molecule has 1 fully saturated rings. The Kier molecular flexibility index (Phi) is 5.38. The van der Waals surface area contributed by atoms with Gasteiger partial charge in [-0.3, -0.25) is 4.79 Å². The molecule has 128 valence electrons. The summed E-state index contributed by atoms with van der Waals surface area (Å²) in [6, 6.07) is 9.80. The van der Waals surface area contributed by atoms with Crippen molar-refractivity contribution in [2.75, 3.05) is 0 Å². The summed E-state index contributed by atoms with van der Waals surface area (Å²) in [6.45, 7) is 10.6. The maximum atomic E-state index is 12.6. The lowest BCUT2D eigenvalue weighted by Crippen LogP contribution is -2.51. The molecule has 1 saturated carbocycles.